The smallest absolute Gasteiger partial charge is 0.253 e. The van der Waals surface area contributed by atoms with Gasteiger partial charge in [0.1, 0.15) is 12.4 Å². The maximum Gasteiger partial charge on any atom is 0.253 e. The summed E-state index contributed by atoms with van der Waals surface area (Å²) in [6.07, 6.45) is 1.60. The fraction of sp³-hybridized carbons (Fsp3) is 0.412. The normalized spacial score (nSPS) is 18.5. The van der Waals surface area contributed by atoms with Crippen LogP contribution in [0.4, 0.5) is 5.69 Å². The first kappa shape index (κ1) is 28.2. The molecule has 220 valence electrons. The number of benzene rings is 3. The number of hydrogen-bond acceptors (Lipinski definition) is 6. The lowest BCUT2D eigenvalue weighted by Crippen LogP contribution is -2.46. The molecule has 3 heterocycles. The van der Waals surface area contributed by atoms with Crippen LogP contribution in [0.5, 0.6) is 5.75 Å². The Morgan fingerprint density at radius 3 is 2.50 bits per heavy atom. The molecule has 6 rings (SSSR count). The van der Waals surface area contributed by atoms with Crippen LogP contribution in [-0.2, 0) is 28.9 Å². The van der Waals surface area contributed by atoms with E-state index in [-0.39, 0.29) is 11.8 Å². The highest BCUT2D eigenvalue weighted by Crippen LogP contribution is 2.29. The van der Waals surface area contributed by atoms with E-state index in [0.29, 0.717) is 44.8 Å². The molecule has 0 saturated carbocycles. The summed E-state index contributed by atoms with van der Waals surface area (Å²) in [6, 6.07) is 22.7. The third kappa shape index (κ3) is 6.61. The lowest BCUT2D eigenvalue weighted by atomic mass is 10.00. The van der Waals surface area contributed by atoms with E-state index in [1.165, 1.54) is 11.1 Å². The lowest BCUT2D eigenvalue weighted by Gasteiger charge is -2.32. The largest absolute Gasteiger partial charge is 0.491 e. The molecular weight excluding hydrogens is 528 g/mol. The molecule has 1 saturated heterocycles. The molecule has 3 aliphatic heterocycles. The van der Waals surface area contributed by atoms with Gasteiger partial charge in [-0.15, -0.1) is 0 Å². The zero-order chi connectivity index (χ0) is 28.9. The number of morpholine rings is 1. The van der Waals surface area contributed by atoms with Gasteiger partial charge in [-0.2, -0.15) is 0 Å². The molecule has 42 heavy (non-hydrogen) atoms. The van der Waals surface area contributed by atoms with Crippen molar-refractivity contribution in [2.45, 2.75) is 19.4 Å². The van der Waals surface area contributed by atoms with Crippen LogP contribution in [0.25, 0.3) is 0 Å². The van der Waals surface area contributed by atoms with Crippen molar-refractivity contribution in [1.29, 1.82) is 0 Å². The van der Waals surface area contributed by atoms with E-state index in [1.807, 2.05) is 36.2 Å². The van der Waals surface area contributed by atoms with Gasteiger partial charge < -0.3 is 24.2 Å². The molecule has 8 nitrogen and oxygen atoms in total. The van der Waals surface area contributed by atoms with Gasteiger partial charge in [0.05, 0.1) is 26.3 Å². The quantitative estimate of drug-likeness (QED) is 0.482. The van der Waals surface area contributed by atoms with Crippen molar-refractivity contribution in [3.8, 4) is 5.75 Å². The molecule has 2 amide bonds. The third-order valence-electron chi connectivity index (χ3n) is 8.58. The topological polar surface area (TPSA) is 65.6 Å². The van der Waals surface area contributed by atoms with E-state index in [1.54, 1.807) is 4.90 Å². The maximum atomic E-state index is 13.6. The fourth-order valence-electron chi connectivity index (χ4n) is 6.10. The number of nitrogens with zero attached hydrogens (tertiary/aromatic N) is 4. The number of carbonyl (C=O) groups is 2. The summed E-state index contributed by atoms with van der Waals surface area (Å²) in [7, 11) is 1.81. The van der Waals surface area contributed by atoms with E-state index < -0.39 is 0 Å². The summed E-state index contributed by atoms with van der Waals surface area (Å²) in [5.74, 6) is 0.848. The predicted molar refractivity (Wildman–Crippen MR) is 163 cm³/mol. The summed E-state index contributed by atoms with van der Waals surface area (Å²) < 4.78 is 11.9. The highest BCUT2D eigenvalue weighted by molar-refractivity contribution is 5.94. The summed E-state index contributed by atoms with van der Waals surface area (Å²) >= 11 is 0. The average molecular weight is 569 g/mol. The minimum absolute atomic E-state index is 0.0347. The summed E-state index contributed by atoms with van der Waals surface area (Å²) in [5.41, 5.74) is 6.60. The van der Waals surface area contributed by atoms with Crippen molar-refractivity contribution in [2.24, 2.45) is 0 Å². The Kier molecular flexibility index (Phi) is 8.72. The van der Waals surface area contributed by atoms with Crippen LogP contribution in [0.15, 0.2) is 66.7 Å². The fourth-order valence-corrected chi connectivity index (χ4v) is 6.10. The number of ether oxygens (including phenoxy) is 2. The van der Waals surface area contributed by atoms with Gasteiger partial charge in [-0.1, -0.05) is 36.4 Å². The second-order valence-corrected chi connectivity index (χ2v) is 11.5. The number of likely N-dealkylation sites (N-methyl/N-ethyl adjacent to an activating group) is 1. The van der Waals surface area contributed by atoms with Crippen molar-refractivity contribution in [3.05, 3.63) is 94.5 Å². The van der Waals surface area contributed by atoms with E-state index in [9.17, 15) is 9.59 Å². The molecule has 0 atom stereocenters. The van der Waals surface area contributed by atoms with E-state index >= 15 is 0 Å². The van der Waals surface area contributed by atoms with Crippen molar-refractivity contribution < 1.29 is 19.1 Å². The first-order chi connectivity index (χ1) is 20.5. The molecule has 2 bridgehead atoms. The number of hydrogen-bond donors (Lipinski definition) is 0. The zero-order valence-electron chi connectivity index (χ0n) is 24.5. The van der Waals surface area contributed by atoms with Gasteiger partial charge in [-0.05, 0) is 53.4 Å². The molecule has 0 spiro atoms. The Morgan fingerprint density at radius 1 is 0.810 bits per heavy atom. The van der Waals surface area contributed by atoms with Gasteiger partial charge in [-0.3, -0.25) is 14.5 Å². The molecule has 0 aromatic heterocycles. The molecule has 8 heteroatoms. The molecular formula is C34H40N4O4. The van der Waals surface area contributed by atoms with Crippen molar-refractivity contribution >= 4 is 17.5 Å². The molecule has 0 radical (unpaired) electrons. The minimum atomic E-state index is -0.0347. The van der Waals surface area contributed by atoms with Crippen LogP contribution in [0.1, 0.15) is 32.6 Å². The summed E-state index contributed by atoms with van der Waals surface area (Å²) in [5, 5.41) is 0. The van der Waals surface area contributed by atoms with Crippen LogP contribution in [0.2, 0.25) is 0 Å². The van der Waals surface area contributed by atoms with Crippen molar-refractivity contribution in [1.82, 2.24) is 14.7 Å². The molecule has 3 aromatic rings. The number of fused-ring (bicyclic) bond motifs is 4. The highest BCUT2D eigenvalue weighted by atomic mass is 16.5. The highest BCUT2D eigenvalue weighted by Gasteiger charge is 2.23. The first-order valence-electron chi connectivity index (χ1n) is 15.0. The Hall–Kier alpha value is -3.88. The molecule has 1 fully saturated rings. The molecule has 3 aliphatic rings. The van der Waals surface area contributed by atoms with E-state index in [2.05, 4.69) is 52.3 Å². The van der Waals surface area contributed by atoms with Gasteiger partial charge in [0.15, 0.2) is 0 Å². The van der Waals surface area contributed by atoms with Crippen LogP contribution in [0.3, 0.4) is 0 Å². The maximum absolute atomic E-state index is 13.6. The lowest BCUT2D eigenvalue weighted by molar-refractivity contribution is -0.133. The number of anilines is 1. The Morgan fingerprint density at radius 2 is 1.64 bits per heavy atom. The predicted octanol–water partition coefficient (Wildman–Crippen LogP) is 3.47. The standard InChI is InChI=1S/C34H40N4O4/c1-35-13-14-38(33(39)25-36-12-11-27-6-2-3-7-29(27)24-36)17-20-42-32-10-9-31(37-15-18-41-19-16-37)23-30(32)22-26-5-4-8-28(21-26)34(35)40/h2-10,21,23H,11-20,22,24-25H2,1H3. The Labute approximate surface area is 248 Å². The third-order valence-corrected chi connectivity index (χ3v) is 8.58. The first-order valence-corrected chi connectivity index (χ1v) is 15.0. The van der Waals surface area contributed by atoms with Crippen molar-refractivity contribution in [3.63, 3.8) is 0 Å². The van der Waals surface area contributed by atoms with Crippen LogP contribution in [-0.4, -0.2) is 99.2 Å². The average Bonchev–Trinajstić information content (AvgIpc) is 3.02. The molecule has 0 aliphatic carbocycles. The van der Waals surface area contributed by atoms with Crippen LogP contribution >= 0.6 is 0 Å². The number of amides is 2. The molecule has 3 aromatic carbocycles. The molecule has 0 N–H and O–H groups in total. The van der Waals surface area contributed by atoms with E-state index in [4.69, 9.17) is 9.47 Å². The van der Waals surface area contributed by atoms with Crippen LogP contribution in [0, 0.1) is 0 Å². The number of rotatable bonds is 3. The van der Waals surface area contributed by atoms with Gasteiger partial charge in [-0.25, -0.2) is 0 Å². The summed E-state index contributed by atoms with van der Waals surface area (Å²) in [4.78, 5) is 35.1. The van der Waals surface area contributed by atoms with Gasteiger partial charge in [0.2, 0.25) is 5.91 Å². The van der Waals surface area contributed by atoms with E-state index in [0.717, 1.165) is 68.4 Å². The second kappa shape index (κ2) is 13.0. The Balaban J connectivity index is 1.22. The number of carbonyl (C=O) groups excluding carboxylic acids is 2. The minimum Gasteiger partial charge on any atom is -0.491 e. The zero-order valence-corrected chi connectivity index (χ0v) is 24.5. The SMILES string of the molecule is CN1CCN(C(=O)CN2CCc3ccccc3C2)CCOc2ccc(N3CCOCC3)cc2Cc2cccc(c2)C1=O. The monoisotopic (exact) mass is 568 g/mol. The van der Waals surface area contributed by atoms with Gasteiger partial charge >= 0.3 is 0 Å². The molecule has 0 unspecified atom stereocenters. The van der Waals surface area contributed by atoms with Crippen LogP contribution < -0.4 is 9.64 Å². The van der Waals surface area contributed by atoms with Gasteiger partial charge in [0, 0.05) is 69.6 Å². The summed E-state index contributed by atoms with van der Waals surface area (Å²) in [6.45, 7) is 6.91. The van der Waals surface area contributed by atoms with Crippen molar-refractivity contribution in [2.75, 3.05) is 77.6 Å². The van der Waals surface area contributed by atoms with Gasteiger partial charge in [0.25, 0.3) is 5.91 Å². The second-order valence-electron chi connectivity index (χ2n) is 11.5. The Bertz CT molecular complexity index is 1420.